The number of piperidine rings is 2. The zero-order valence-corrected chi connectivity index (χ0v) is 25.2. The monoisotopic (exact) mass is 584 g/mol. The number of aliphatic hydroxyl groups is 1. The fraction of sp³-hybridized carbons (Fsp3) is 0.526. The molecule has 4 bridgehead atoms. The summed E-state index contributed by atoms with van der Waals surface area (Å²) in [6.07, 6.45) is 12.2. The van der Waals surface area contributed by atoms with Gasteiger partial charge < -0.3 is 19.6 Å². The molecule has 4 saturated heterocycles. The molecule has 6 heteroatoms. The Labute approximate surface area is 259 Å². The van der Waals surface area contributed by atoms with Crippen LogP contribution in [-0.2, 0) is 15.6 Å². The van der Waals surface area contributed by atoms with E-state index in [2.05, 4.69) is 86.5 Å². The van der Waals surface area contributed by atoms with Crippen LogP contribution < -0.4 is 9.80 Å². The Bertz CT molecular complexity index is 1750. The predicted molar refractivity (Wildman–Crippen MR) is 170 cm³/mol. The smallest absolute Gasteiger partial charge is 0.136 e. The molecule has 2 aromatic carbocycles. The topological polar surface area (TPSA) is 42.4 Å². The van der Waals surface area contributed by atoms with E-state index in [-0.39, 0.29) is 29.7 Å². The Hall–Kier alpha value is -2.90. The van der Waals surface area contributed by atoms with Gasteiger partial charge in [-0.25, -0.2) is 0 Å². The Balaban J connectivity index is 1.19. The van der Waals surface area contributed by atoms with Gasteiger partial charge in [0.2, 0.25) is 0 Å². The Kier molecular flexibility index (Phi) is 4.37. The first-order valence-corrected chi connectivity index (χ1v) is 17.3. The molecule has 1 N–H and O–H groups in total. The van der Waals surface area contributed by atoms with E-state index in [1.807, 2.05) is 0 Å². The molecule has 0 unspecified atom stereocenters. The summed E-state index contributed by atoms with van der Waals surface area (Å²) in [6, 6.07) is 20.8. The van der Waals surface area contributed by atoms with E-state index in [0.717, 1.165) is 26.1 Å². The van der Waals surface area contributed by atoms with Crippen LogP contribution in [-0.4, -0.2) is 84.7 Å². The van der Waals surface area contributed by atoms with Crippen LogP contribution in [0.5, 0.6) is 0 Å². The van der Waals surface area contributed by atoms with Gasteiger partial charge in [-0.1, -0.05) is 59.7 Å². The Morgan fingerprint density at radius 1 is 0.886 bits per heavy atom. The van der Waals surface area contributed by atoms with E-state index < -0.39 is 0 Å². The van der Waals surface area contributed by atoms with Gasteiger partial charge in [0.15, 0.2) is 0 Å². The minimum atomic E-state index is 0.0351. The first-order valence-electron chi connectivity index (χ1n) is 17.3. The molecule has 8 heterocycles. The molecule has 0 radical (unpaired) electrons. The minimum Gasteiger partial charge on any atom is -0.392 e. The van der Waals surface area contributed by atoms with Crippen molar-refractivity contribution in [3.05, 3.63) is 94.7 Å². The largest absolute Gasteiger partial charge is 0.392 e. The van der Waals surface area contributed by atoms with Crippen molar-refractivity contribution in [3.8, 4) is 0 Å². The molecule has 0 aromatic heterocycles. The summed E-state index contributed by atoms with van der Waals surface area (Å²) in [6.45, 7) is 5.28. The van der Waals surface area contributed by atoms with Crippen molar-refractivity contribution in [1.82, 2.24) is 9.80 Å². The van der Waals surface area contributed by atoms with E-state index in [1.165, 1.54) is 42.8 Å². The Morgan fingerprint density at radius 3 is 2.50 bits per heavy atom. The number of fused-ring (bicyclic) bond motifs is 7. The molecular formula is C38H40N4O2. The third-order valence-electron chi connectivity index (χ3n) is 14.7. The highest BCUT2D eigenvalue weighted by molar-refractivity contribution is 5.75. The molecule has 10 atom stereocenters. The van der Waals surface area contributed by atoms with E-state index in [9.17, 15) is 5.11 Å². The van der Waals surface area contributed by atoms with Crippen LogP contribution in [0.25, 0.3) is 0 Å². The molecule has 2 aromatic rings. The SMILES string of the molecule is OC/C=C1/CN2CC[C@]34c5ccccc5N5[C@@H]6OCC=C7CN8CC[C@@]9%10c%11ccccc%11N(/C=C(/[C@H]1C[C@H]23)[C@H]54)[C@H]9[C@H]6[C@H]7C[C@H]8%10. The molecular weight excluding hydrogens is 544 g/mol. The van der Waals surface area contributed by atoms with Crippen LogP contribution >= 0.6 is 0 Å². The third-order valence-corrected chi connectivity index (χ3v) is 14.7. The number of hydrogen-bond acceptors (Lipinski definition) is 6. The van der Waals surface area contributed by atoms with Crippen molar-refractivity contribution in [2.45, 2.75) is 66.9 Å². The average molecular weight is 585 g/mol. The second kappa shape index (κ2) is 7.90. The lowest BCUT2D eigenvalue weighted by molar-refractivity contribution is -0.0474. The molecule has 2 saturated carbocycles. The fourth-order valence-electron chi connectivity index (χ4n) is 13.5. The molecule has 6 nitrogen and oxygen atoms in total. The summed E-state index contributed by atoms with van der Waals surface area (Å²) in [5.74, 6) is 1.32. The second-order valence-electron chi connectivity index (χ2n) is 15.6. The summed E-state index contributed by atoms with van der Waals surface area (Å²) in [4.78, 5) is 11.3. The molecule has 8 aliphatic heterocycles. The van der Waals surface area contributed by atoms with Crippen molar-refractivity contribution >= 4 is 11.4 Å². The zero-order valence-electron chi connectivity index (χ0n) is 25.2. The zero-order chi connectivity index (χ0) is 28.5. The van der Waals surface area contributed by atoms with Gasteiger partial charge >= 0.3 is 0 Å². The van der Waals surface area contributed by atoms with Gasteiger partial charge in [-0.15, -0.1) is 0 Å². The van der Waals surface area contributed by atoms with Crippen LogP contribution in [0.4, 0.5) is 11.4 Å². The van der Waals surface area contributed by atoms with Crippen LogP contribution in [0, 0.1) is 17.8 Å². The van der Waals surface area contributed by atoms with Gasteiger partial charge in [0.25, 0.3) is 0 Å². The van der Waals surface area contributed by atoms with Gasteiger partial charge in [-0.3, -0.25) is 9.80 Å². The summed E-state index contributed by atoms with van der Waals surface area (Å²) in [7, 11) is 0. The summed E-state index contributed by atoms with van der Waals surface area (Å²) in [5, 5.41) is 10.2. The maximum atomic E-state index is 10.2. The number of benzene rings is 2. The number of hydrogen-bond donors (Lipinski definition) is 1. The van der Waals surface area contributed by atoms with Crippen molar-refractivity contribution in [2.24, 2.45) is 17.8 Å². The van der Waals surface area contributed by atoms with Gasteiger partial charge in [-0.05, 0) is 73.5 Å². The highest BCUT2D eigenvalue weighted by Gasteiger charge is 2.73. The minimum absolute atomic E-state index is 0.0351. The summed E-state index contributed by atoms with van der Waals surface area (Å²) in [5.41, 5.74) is 10.9. The quantitative estimate of drug-likeness (QED) is 0.508. The molecule has 12 rings (SSSR count). The lowest BCUT2D eigenvalue weighted by Gasteiger charge is -2.61. The van der Waals surface area contributed by atoms with Crippen molar-refractivity contribution < 1.29 is 9.84 Å². The number of aliphatic hydroxyl groups excluding tert-OH is 1. The van der Waals surface area contributed by atoms with E-state index >= 15 is 0 Å². The number of ether oxygens (including phenoxy) is 1. The van der Waals surface area contributed by atoms with Crippen LogP contribution in [0.3, 0.4) is 0 Å². The number of para-hydroxylation sites is 2. The molecule has 10 aliphatic rings. The molecule has 44 heavy (non-hydrogen) atoms. The average Bonchev–Trinajstić information content (AvgIpc) is 3.74. The van der Waals surface area contributed by atoms with Crippen LogP contribution in [0.15, 0.2) is 83.6 Å². The van der Waals surface area contributed by atoms with Crippen LogP contribution in [0.1, 0.15) is 36.8 Å². The lowest BCUT2D eigenvalue weighted by Crippen LogP contribution is -2.70. The predicted octanol–water partition coefficient (Wildman–Crippen LogP) is 4.17. The number of nitrogens with zero attached hydrogens (tertiary/aromatic N) is 4. The molecule has 2 spiro atoms. The molecule has 224 valence electrons. The highest BCUT2D eigenvalue weighted by Crippen LogP contribution is 2.69. The van der Waals surface area contributed by atoms with E-state index in [4.69, 9.17) is 4.74 Å². The number of rotatable bonds is 1. The lowest BCUT2D eigenvalue weighted by atomic mass is 9.54. The molecule has 2 aliphatic carbocycles. The molecule has 6 fully saturated rings. The third kappa shape index (κ3) is 2.45. The normalized spacial score (nSPS) is 46.9. The van der Waals surface area contributed by atoms with E-state index in [0.29, 0.717) is 42.5 Å². The summed E-state index contributed by atoms with van der Waals surface area (Å²) >= 11 is 0. The first-order chi connectivity index (χ1) is 21.7. The Morgan fingerprint density at radius 2 is 1.64 bits per heavy atom. The van der Waals surface area contributed by atoms with Gasteiger partial charge in [-0.2, -0.15) is 0 Å². The fourth-order valence-corrected chi connectivity index (χ4v) is 13.5. The highest BCUT2D eigenvalue weighted by atomic mass is 16.5. The van der Waals surface area contributed by atoms with Crippen molar-refractivity contribution in [2.75, 3.05) is 49.2 Å². The van der Waals surface area contributed by atoms with Crippen LogP contribution in [0.2, 0.25) is 0 Å². The second-order valence-corrected chi connectivity index (χ2v) is 15.6. The molecule has 0 amide bonds. The summed E-state index contributed by atoms with van der Waals surface area (Å²) < 4.78 is 7.30. The standard InChI is InChI=1S/C38H40N4O2/c43-15-9-22-19-39-13-11-37-28-6-2-4-8-30(28)42-34(37)26(24(22)17-31(37)39)21-41-29-7-3-1-5-27(29)38-12-14-40-20-23-10-16-44-36(42)33(35(38)41)25(23)18-32(38)40/h1-10,21,24-25,31-36,43H,11-20H2/b22-9-,26-21-/t24-,25-,31-,32-,33+,34-,35-,36+,37-,38-/m0/s1. The maximum absolute atomic E-state index is 10.2. The van der Waals surface area contributed by atoms with Gasteiger partial charge in [0, 0.05) is 65.4 Å². The van der Waals surface area contributed by atoms with Crippen molar-refractivity contribution in [3.63, 3.8) is 0 Å². The first kappa shape index (κ1) is 24.3. The number of anilines is 2. The van der Waals surface area contributed by atoms with E-state index in [1.54, 1.807) is 22.3 Å². The van der Waals surface area contributed by atoms with Gasteiger partial charge in [0.1, 0.15) is 6.23 Å². The maximum Gasteiger partial charge on any atom is 0.136 e. The van der Waals surface area contributed by atoms with Crippen molar-refractivity contribution in [1.29, 1.82) is 0 Å². The van der Waals surface area contributed by atoms with Gasteiger partial charge in [0.05, 0.1) is 25.3 Å².